The number of methoxy groups -OCH3 is 2. The molecule has 4 bridgehead atoms. The third kappa shape index (κ3) is 3.62. The van der Waals surface area contributed by atoms with Crippen molar-refractivity contribution in [2.75, 3.05) is 14.2 Å². The Morgan fingerprint density at radius 3 is 2.06 bits per heavy atom. The molecular formula is C27H30O4. The average Bonchev–Trinajstić information content (AvgIpc) is 2.76. The largest absolute Gasteiger partial charge is 0.493 e. The average molecular weight is 419 g/mol. The Morgan fingerprint density at radius 2 is 1.55 bits per heavy atom. The molecule has 4 saturated carbocycles. The van der Waals surface area contributed by atoms with Crippen molar-refractivity contribution >= 4 is 12.0 Å². The van der Waals surface area contributed by atoms with Crippen LogP contribution in [0.5, 0.6) is 11.5 Å². The Balaban J connectivity index is 1.57. The second-order valence-corrected chi connectivity index (χ2v) is 9.75. The molecule has 0 aliphatic heterocycles. The van der Waals surface area contributed by atoms with E-state index in [4.69, 9.17) is 14.6 Å². The zero-order valence-electron chi connectivity index (χ0n) is 18.3. The van der Waals surface area contributed by atoms with E-state index in [1.807, 2.05) is 24.3 Å². The second-order valence-electron chi connectivity index (χ2n) is 9.75. The molecule has 4 aliphatic carbocycles. The van der Waals surface area contributed by atoms with Gasteiger partial charge in [0.15, 0.2) is 11.5 Å². The molecule has 2 aromatic rings. The number of carboxylic acids is 1. The third-order valence-electron chi connectivity index (χ3n) is 7.75. The lowest BCUT2D eigenvalue weighted by atomic mass is 9.48. The molecule has 0 saturated heterocycles. The van der Waals surface area contributed by atoms with E-state index in [0.717, 1.165) is 52.0 Å². The fourth-order valence-electron chi connectivity index (χ4n) is 6.92. The molecule has 0 atom stereocenters. The lowest BCUT2D eigenvalue weighted by Gasteiger charge is -2.57. The first kappa shape index (κ1) is 20.2. The van der Waals surface area contributed by atoms with E-state index in [1.54, 1.807) is 20.3 Å². The summed E-state index contributed by atoms with van der Waals surface area (Å²) < 4.78 is 11.7. The molecule has 0 radical (unpaired) electrons. The SMILES string of the molecule is COc1cc(-c2ccc(/C=C/C(=O)O)cc2)cc(C23CC4CC(CC(C4)C2)C3)c1OC. The molecule has 162 valence electrons. The van der Waals surface area contributed by atoms with Crippen LogP contribution in [0.15, 0.2) is 42.5 Å². The highest BCUT2D eigenvalue weighted by Crippen LogP contribution is 2.62. The summed E-state index contributed by atoms with van der Waals surface area (Å²) in [4.78, 5) is 10.8. The van der Waals surface area contributed by atoms with Crippen molar-refractivity contribution < 1.29 is 19.4 Å². The standard InChI is InChI=1S/C27H30O4/c1-30-24-13-22(21-6-3-17(4-7-21)5-8-25(28)29)12-23(26(24)31-2)27-14-18-9-19(15-27)11-20(10-18)16-27/h3-8,12-13,18-20H,9-11,14-16H2,1-2H3,(H,28,29)/b8-5+. The highest BCUT2D eigenvalue weighted by Gasteiger charge is 2.52. The van der Waals surface area contributed by atoms with E-state index in [2.05, 4.69) is 12.1 Å². The maximum absolute atomic E-state index is 10.8. The van der Waals surface area contributed by atoms with E-state index in [9.17, 15) is 4.79 Å². The van der Waals surface area contributed by atoms with Crippen molar-refractivity contribution in [2.24, 2.45) is 17.8 Å². The molecule has 6 rings (SSSR count). The van der Waals surface area contributed by atoms with Crippen LogP contribution in [0.2, 0.25) is 0 Å². The summed E-state index contributed by atoms with van der Waals surface area (Å²) in [6.07, 6.45) is 10.8. The summed E-state index contributed by atoms with van der Waals surface area (Å²) in [6.45, 7) is 0. The van der Waals surface area contributed by atoms with E-state index < -0.39 is 5.97 Å². The van der Waals surface area contributed by atoms with Gasteiger partial charge in [0, 0.05) is 11.6 Å². The summed E-state index contributed by atoms with van der Waals surface area (Å²) >= 11 is 0. The van der Waals surface area contributed by atoms with Crippen molar-refractivity contribution in [3.05, 3.63) is 53.6 Å². The van der Waals surface area contributed by atoms with E-state index in [1.165, 1.54) is 44.1 Å². The van der Waals surface area contributed by atoms with Crippen LogP contribution in [0.25, 0.3) is 17.2 Å². The van der Waals surface area contributed by atoms with Gasteiger partial charge in [-0.15, -0.1) is 0 Å². The van der Waals surface area contributed by atoms with Gasteiger partial charge in [-0.2, -0.15) is 0 Å². The van der Waals surface area contributed by atoms with Crippen molar-refractivity contribution in [1.82, 2.24) is 0 Å². The molecule has 4 fully saturated rings. The van der Waals surface area contributed by atoms with Crippen molar-refractivity contribution in [3.8, 4) is 22.6 Å². The zero-order valence-corrected chi connectivity index (χ0v) is 18.3. The lowest BCUT2D eigenvalue weighted by Crippen LogP contribution is -2.48. The van der Waals surface area contributed by atoms with Crippen molar-refractivity contribution in [2.45, 2.75) is 43.9 Å². The van der Waals surface area contributed by atoms with Gasteiger partial charge in [-0.3, -0.25) is 0 Å². The first-order chi connectivity index (χ1) is 15.0. The number of aliphatic carboxylic acids is 1. The number of benzene rings is 2. The van der Waals surface area contributed by atoms with Crippen LogP contribution in [0, 0.1) is 17.8 Å². The summed E-state index contributed by atoms with van der Waals surface area (Å²) in [6, 6.07) is 12.4. The normalized spacial score (nSPS) is 28.8. The molecule has 4 heteroatoms. The van der Waals surface area contributed by atoms with Gasteiger partial charge in [-0.1, -0.05) is 24.3 Å². The first-order valence-corrected chi connectivity index (χ1v) is 11.3. The van der Waals surface area contributed by atoms with Crippen LogP contribution < -0.4 is 9.47 Å². The number of hydrogen-bond donors (Lipinski definition) is 1. The lowest BCUT2D eigenvalue weighted by molar-refractivity contribution is -0.131. The predicted molar refractivity (Wildman–Crippen MR) is 122 cm³/mol. The van der Waals surface area contributed by atoms with Crippen LogP contribution in [-0.2, 0) is 10.2 Å². The van der Waals surface area contributed by atoms with E-state index in [-0.39, 0.29) is 5.41 Å². The van der Waals surface area contributed by atoms with Gasteiger partial charge in [0.05, 0.1) is 14.2 Å². The van der Waals surface area contributed by atoms with Crippen LogP contribution in [0.4, 0.5) is 0 Å². The number of carbonyl (C=O) groups is 1. The Bertz CT molecular complexity index is 983. The summed E-state index contributed by atoms with van der Waals surface area (Å²) in [7, 11) is 3.47. The molecule has 2 aromatic carbocycles. The third-order valence-corrected chi connectivity index (χ3v) is 7.75. The smallest absolute Gasteiger partial charge is 0.328 e. The minimum Gasteiger partial charge on any atom is -0.493 e. The number of carboxylic acid groups (broad SMARTS) is 1. The molecule has 4 nitrogen and oxygen atoms in total. The van der Waals surface area contributed by atoms with E-state index >= 15 is 0 Å². The Hall–Kier alpha value is -2.75. The van der Waals surface area contributed by atoms with Gasteiger partial charge in [0.2, 0.25) is 0 Å². The molecule has 0 amide bonds. The summed E-state index contributed by atoms with van der Waals surface area (Å²) in [5.41, 5.74) is 4.61. The molecule has 4 aliphatic rings. The predicted octanol–water partition coefficient (Wildman–Crippen LogP) is 5.94. The van der Waals surface area contributed by atoms with Crippen LogP contribution >= 0.6 is 0 Å². The van der Waals surface area contributed by atoms with Crippen molar-refractivity contribution in [3.63, 3.8) is 0 Å². The maximum atomic E-state index is 10.8. The number of rotatable bonds is 6. The fraction of sp³-hybridized carbons (Fsp3) is 0.444. The maximum Gasteiger partial charge on any atom is 0.328 e. The highest BCUT2D eigenvalue weighted by atomic mass is 16.5. The van der Waals surface area contributed by atoms with Gasteiger partial charge in [0.1, 0.15) is 0 Å². The topological polar surface area (TPSA) is 55.8 Å². The summed E-state index contributed by atoms with van der Waals surface area (Å²) in [5.74, 6) is 3.31. The van der Waals surface area contributed by atoms with E-state index in [0.29, 0.717) is 0 Å². The number of ether oxygens (including phenoxy) is 2. The molecule has 0 spiro atoms. The molecule has 1 N–H and O–H groups in total. The van der Waals surface area contributed by atoms with Crippen LogP contribution in [0.1, 0.15) is 49.7 Å². The van der Waals surface area contributed by atoms with Crippen LogP contribution in [-0.4, -0.2) is 25.3 Å². The molecule has 0 heterocycles. The van der Waals surface area contributed by atoms with Gasteiger partial charge in [-0.25, -0.2) is 4.79 Å². The quantitative estimate of drug-likeness (QED) is 0.590. The van der Waals surface area contributed by atoms with Gasteiger partial charge < -0.3 is 14.6 Å². The molecule has 0 aromatic heterocycles. The minimum absolute atomic E-state index is 0.202. The monoisotopic (exact) mass is 418 g/mol. The minimum atomic E-state index is -0.941. The van der Waals surface area contributed by atoms with Gasteiger partial charge >= 0.3 is 5.97 Å². The fourth-order valence-corrected chi connectivity index (χ4v) is 6.92. The van der Waals surface area contributed by atoms with Gasteiger partial charge in [-0.05, 0) is 96.6 Å². The zero-order chi connectivity index (χ0) is 21.6. The molecular weight excluding hydrogens is 388 g/mol. The van der Waals surface area contributed by atoms with Crippen molar-refractivity contribution in [1.29, 1.82) is 0 Å². The molecule has 0 unspecified atom stereocenters. The first-order valence-electron chi connectivity index (χ1n) is 11.3. The highest BCUT2D eigenvalue weighted by molar-refractivity contribution is 5.85. The Kier molecular flexibility index (Phi) is 5.04. The Labute approximate surface area is 183 Å². The van der Waals surface area contributed by atoms with Crippen LogP contribution in [0.3, 0.4) is 0 Å². The number of hydrogen-bond acceptors (Lipinski definition) is 3. The van der Waals surface area contributed by atoms with Gasteiger partial charge in [0.25, 0.3) is 0 Å². The second kappa shape index (κ2) is 7.74. The summed E-state index contributed by atoms with van der Waals surface area (Å²) in [5, 5.41) is 8.85. The molecule has 31 heavy (non-hydrogen) atoms. The Morgan fingerprint density at radius 1 is 0.935 bits per heavy atom.